The maximum Gasteiger partial charge on any atom is 0.347 e. The number of hydrogen-bond donors (Lipinski definition) is 3. The highest BCUT2D eigenvalue weighted by atomic mass is 16.5. The Bertz CT molecular complexity index is 1020. The first-order valence-electron chi connectivity index (χ1n) is 9.21. The smallest absolute Gasteiger partial charge is 0.347 e. The average molecular weight is 408 g/mol. The fraction of sp³-hybridized carbons (Fsp3) is 0.167. The molecule has 0 bridgehead atoms. The van der Waals surface area contributed by atoms with Crippen LogP contribution in [-0.2, 0) is 5.41 Å². The highest BCUT2D eigenvalue weighted by Crippen LogP contribution is 2.25. The molecule has 0 atom stereocenters. The molecule has 0 unspecified atom stereocenters. The van der Waals surface area contributed by atoms with Crippen molar-refractivity contribution < 1.29 is 29.6 Å². The second kappa shape index (κ2) is 9.60. The van der Waals surface area contributed by atoms with Gasteiger partial charge in [0.05, 0.1) is 0 Å². The van der Waals surface area contributed by atoms with E-state index in [9.17, 15) is 14.7 Å². The predicted octanol–water partition coefficient (Wildman–Crippen LogP) is 5.00. The van der Waals surface area contributed by atoms with Crippen LogP contribution in [0.3, 0.4) is 0 Å². The summed E-state index contributed by atoms with van der Waals surface area (Å²) >= 11 is 0. The summed E-state index contributed by atoms with van der Waals surface area (Å²) in [6, 6.07) is 19.5. The van der Waals surface area contributed by atoms with Gasteiger partial charge < -0.3 is 20.1 Å². The van der Waals surface area contributed by atoms with Crippen molar-refractivity contribution in [1.82, 2.24) is 0 Å². The van der Waals surface area contributed by atoms with Crippen molar-refractivity contribution >= 4 is 11.9 Å². The Hall–Kier alpha value is -3.80. The number of aromatic hydroxyl groups is 2. The van der Waals surface area contributed by atoms with Crippen LogP contribution < -0.4 is 4.74 Å². The molecular formula is C24H24O6. The Morgan fingerprint density at radius 2 is 1.20 bits per heavy atom. The highest BCUT2D eigenvalue weighted by molar-refractivity contribution is 5.93. The number of carboxylic acids is 1. The number of carbonyl (C=O) groups excluding carboxylic acids is 1. The van der Waals surface area contributed by atoms with Crippen molar-refractivity contribution in [3.8, 4) is 17.2 Å². The molecule has 0 aliphatic carbocycles. The normalized spacial score (nSPS) is 10.5. The van der Waals surface area contributed by atoms with Crippen LogP contribution in [0.15, 0.2) is 72.8 Å². The predicted molar refractivity (Wildman–Crippen MR) is 113 cm³/mol. The summed E-state index contributed by atoms with van der Waals surface area (Å²) in [5, 5.41) is 26.9. The number of carbonyl (C=O) groups is 2. The first kappa shape index (κ1) is 22.5. The molecule has 0 saturated carbocycles. The van der Waals surface area contributed by atoms with Crippen LogP contribution in [0, 0.1) is 0 Å². The standard InChI is InChI=1S/C17H18O3.C7H6O3/c1-17(2,3)12-8-10-13(11-9-12)20-16(19)14-6-4-5-7-15(14)18;8-6-4-2-1-3-5(6)7(9)10/h4-11,18H,1-3H3;1-4,8H,(H,9,10). The lowest BCUT2D eigenvalue weighted by molar-refractivity contribution is 0.0691. The number of benzene rings is 3. The van der Waals surface area contributed by atoms with Gasteiger partial charge in [0, 0.05) is 0 Å². The molecular weight excluding hydrogens is 384 g/mol. The van der Waals surface area contributed by atoms with E-state index in [1.807, 2.05) is 12.1 Å². The number of hydrogen-bond acceptors (Lipinski definition) is 5. The molecule has 0 spiro atoms. The van der Waals surface area contributed by atoms with E-state index in [-0.39, 0.29) is 28.0 Å². The topological polar surface area (TPSA) is 104 Å². The quantitative estimate of drug-likeness (QED) is 0.416. The van der Waals surface area contributed by atoms with Crippen LogP contribution in [-0.4, -0.2) is 27.3 Å². The number of aromatic carboxylic acids is 1. The number of para-hydroxylation sites is 2. The minimum atomic E-state index is -1.11. The molecule has 3 N–H and O–H groups in total. The van der Waals surface area contributed by atoms with Gasteiger partial charge in [0.2, 0.25) is 0 Å². The summed E-state index contributed by atoms with van der Waals surface area (Å²) in [7, 11) is 0. The van der Waals surface area contributed by atoms with Crippen molar-refractivity contribution in [2.75, 3.05) is 0 Å². The number of esters is 1. The van der Waals surface area contributed by atoms with E-state index in [0.29, 0.717) is 5.75 Å². The summed E-state index contributed by atoms with van der Waals surface area (Å²) in [6.07, 6.45) is 0. The van der Waals surface area contributed by atoms with Crippen LogP contribution in [0.2, 0.25) is 0 Å². The largest absolute Gasteiger partial charge is 0.507 e. The molecule has 3 rings (SSSR count). The van der Waals surface area contributed by atoms with Crippen molar-refractivity contribution in [1.29, 1.82) is 0 Å². The summed E-state index contributed by atoms with van der Waals surface area (Å²) in [6.45, 7) is 6.36. The highest BCUT2D eigenvalue weighted by Gasteiger charge is 2.15. The van der Waals surface area contributed by atoms with E-state index in [0.717, 1.165) is 0 Å². The van der Waals surface area contributed by atoms with E-state index in [1.165, 1.54) is 29.8 Å². The lowest BCUT2D eigenvalue weighted by Gasteiger charge is -2.19. The minimum absolute atomic E-state index is 0.0558. The molecule has 156 valence electrons. The Balaban J connectivity index is 0.000000269. The Morgan fingerprint density at radius 3 is 1.60 bits per heavy atom. The van der Waals surface area contributed by atoms with Crippen molar-refractivity contribution in [2.45, 2.75) is 26.2 Å². The van der Waals surface area contributed by atoms with Crippen molar-refractivity contribution in [2.24, 2.45) is 0 Å². The van der Waals surface area contributed by atoms with Gasteiger partial charge in [-0.25, -0.2) is 9.59 Å². The van der Waals surface area contributed by atoms with Gasteiger partial charge in [0.25, 0.3) is 0 Å². The fourth-order valence-electron chi connectivity index (χ4n) is 2.49. The molecule has 0 aromatic heterocycles. The SMILES string of the molecule is CC(C)(C)c1ccc(OC(=O)c2ccccc2O)cc1.O=C(O)c1ccccc1O. The molecule has 0 fully saturated rings. The third-order valence-corrected chi connectivity index (χ3v) is 4.19. The third kappa shape index (κ3) is 6.10. The maximum atomic E-state index is 11.9. The molecule has 0 amide bonds. The first-order chi connectivity index (χ1) is 14.1. The lowest BCUT2D eigenvalue weighted by Crippen LogP contribution is -2.11. The van der Waals surface area contributed by atoms with Crippen molar-refractivity contribution in [3.63, 3.8) is 0 Å². The van der Waals surface area contributed by atoms with Gasteiger partial charge >= 0.3 is 11.9 Å². The molecule has 6 nitrogen and oxygen atoms in total. The zero-order valence-corrected chi connectivity index (χ0v) is 17.0. The van der Waals surface area contributed by atoms with Gasteiger partial charge in [-0.2, -0.15) is 0 Å². The van der Waals surface area contributed by atoms with E-state index < -0.39 is 11.9 Å². The molecule has 0 aliphatic heterocycles. The van der Waals surface area contributed by atoms with Crippen LogP contribution in [0.4, 0.5) is 0 Å². The fourth-order valence-corrected chi connectivity index (χ4v) is 2.49. The third-order valence-electron chi connectivity index (χ3n) is 4.19. The Labute approximate surface area is 175 Å². The van der Waals surface area contributed by atoms with Crippen LogP contribution in [0.1, 0.15) is 47.1 Å². The van der Waals surface area contributed by atoms with E-state index in [1.54, 1.807) is 36.4 Å². The van der Waals surface area contributed by atoms with Gasteiger partial charge in [0.1, 0.15) is 28.4 Å². The molecule has 0 radical (unpaired) electrons. The molecule has 0 heterocycles. The zero-order chi connectivity index (χ0) is 22.3. The first-order valence-corrected chi connectivity index (χ1v) is 9.21. The number of phenols is 2. The van der Waals surface area contributed by atoms with E-state index >= 15 is 0 Å². The molecule has 6 heteroatoms. The summed E-state index contributed by atoms with van der Waals surface area (Å²) in [4.78, 5) is 22.2. The van der Waals surface area contributed by atoms with E-state index in [4.69, 9.17) is 14.9 Å². The lowest BCUT2D eigenvalue weighted by atomic mass is 9.87. The van der Waals surface area contributed by atoms with Crippen LogP contribution >= 0.6 is 0 Å². The van der Waals surface area contributed by atoms with Gasteiger partial charge in [-0.1, -0.05) is 57.2 Å². The zero-order valence-electron chi connectivity index (χ0n) is 17.0. The average Bonchev–Trinajstić information content (AvgIpc) is 2.68. The molecule has 30 heavy (non-hydrogen) atoms. The molecule has 0 aliphatic rings. The van der Waals surface area contributed by atoms with Crippen LogP contribution in [0.25, 0.3) is 0 Å². The Kier molecular flexibility index (Phi) is 7.20. The van der Waals surface area contributed by atoms with Gasteiger partial charge in [-0.3, -0.25) is 0 Å². The van der Waals surface area contributed by atoms with E-state index in [2.05, 4.69) is 20.8 Å². The Morgan fingerprint density at radius 1 is 0.733 bits per heavy atom. The number of rotatable bonds is 3. The van der Waals surface area contributed by atoms with Gasteiger partial charge in [-0.05, 0) is 47.4 Å². The number of ether oxygens (including phenoxy) is 1. The molecule has 3 aromatic rings. The number of carboxylic acid groups (broad SMARTS) is 1. The summed E-state index contributed by atoms with van der Waals surface area (Å²) in [5.41, 5.74) is 1.31. The van der Waals surface area contributed by atoms with Gasteiger partial charge in [0.15, 0.2) is 0 Å². The van der Waals surface area contributed by atoms with Crippen molar-refractivity contribution in [3.05, 3.63) is 89.5 Å². The second-order valence-electron chi connectivity index (χ2n) is 7.50. The summed E-state index contributed by atoms with van der Waals surface area (Å²) in [5.74, 6) is -1.49. The maximum absolute atomic E-state index is 11.9. The second-order valence-corrected chi connectivity index (χ2v) is 7.50. The number of phenolic OH excluding ortho intramolecular Hbond substituents is 1. The van der Waals surface area contributed by atoms with Crippen LogP contribution in [0.5, 0.6) is 17.2 Å². The monoisotopic (exact) mass is 408 g/mol. The molecule has 0 saturated heterocycles. The molecule has 3 aromatic carbocycles. The minimum Gasteiger partial charge on any atom is -0.507 e. The summed E-state index contributed by atoms with van der Waals surface area (Å²) < 4.78 is 5.25. The van der Waals surface area contributed by atoms with Gasteiger partial charge in [-0.15, -0.1) is 0 Å².